The number of ketones is 1. The molecule has 1 aromatic rings. The second-order valence-corrected chi connectivity index (χ2v) is 7.35. The zero-order chi connectivity index (χ0) is 13.7. The molecule has 1 aliphatic rings. The van der Waals surface area contributed by atoms with Gasteiger partial charge < -0.3 is 0 Å². The van der Waals surface area contributed by atoms with E-state index in [-0.39, 0.29) is 5.78 Å². The van der Waals surface area contributed by atoms with Gasteiger partial charge >= 0.3 is 0 Å². The molecular formula is C16H22O2S. The highest BCUT2D eigenvalue weighted by Crippen LogP contribution is 2.27. The minimum absolute atomic E-state index is 0.109. The minimum Gasteiger partial charge on any atom is -0.294 e. The third-order valence-corrected chi connectivity index (χ3v) is 5.66. The van der Waals surface area contributed by atoms with Crippen LogP contribution in [0, 0.1) is 5.92 Å². The number of rotatable bonds is 5. The van der Waals surface area contributed by atoms with E-state index in [2.05, 4.69) is 6.92 Å². The Kier molecular flexibility index (Phi) is 5.32. The maximum absolute atomic E-state index is 12.2. The summed E-state index contributed by atoms with van der Waals surface area (Å²) in [4.78, 5) is 12.0. The number of hydrogen-bond donors (Lipinski definition) is 0. The average molecular weight is 278 g/mol. The molecule has 1 saturated carbocycles. The van der Waals surface area contributed by atoms with Crippen LogP contribution in [0.3, 0.4) is 0 Å². The van der Waals surface area contributed by atoms with Gasteiger partial charge in [0.05, 0.1) is 0 Å². The van der Waals surface area contributed by atoms with Crippen LogP contribution >= 0.6 is 0 Å². The zero-order valence-electron chi connectivity index (χ0n) is 11.5. The van der Waals surface area contributed by atoms with E-state index in [4.69, 9.17) is 0 Å². The molecule has 0 aliphatic heterocycles. The van der Waals surface area contributed by atoms with E-state index in [0.717, 1.165) is 18.4 Å². The average Bonchev–Trinajstić information content (AvgIpc) is 2.45. The fourth-order valence-electron chi connectivity index (χ4n) is 2.75. The van der Waals surface area contributed by atoms with Gasteiger partial charge in [0.1, 0.15) is 0 Å². The molecular weight excluding hydrogens is 256 g/mol. The van der Waals surface area contributed by atoms with Crippen molar-refractivity contribution in [3.8, 4) is 0 Å². The van der Waals surface area contributed by atoms with E-state index in [9.17, 15) is 9.00 Å². The van der Waals surface area contributed by atoms with Crippen LogP contribution in [0.4, 0.5) is 0 Å². The van der Waals surface area contributed by atoms with Crippen molar-refractivity contribution in [2.45, 2.75) is 44.3 Å². The fourth-order valence-corrected chi connectivity index (χ4v) is 4.44. The van der Waals surface area contributed by atoms with Crippen LogP contribution in [-0.2, 0) is 10.8 Å². The Morgan fingerprint density at radius 2 is 2.00 bits per heavy atom. The topological polar surface area (TPSA) is 34.1 Å². The van der Waals surface area contributed by atoms with Gasteiger partial charge in [-0.1, -0.05) is 50.1 Å². The molecule has 0 amide bonds. The molecule has 0 radical (unpaired) electrons. The third kappa shape index (κ3) is 4.27. The summed E-state index contributed by atoms with van der Waals surface area (Å²) in [5.41, 5.74) is 0.733. The van der Waals surface area contributed by atoms with Gasteiger partial charge in [-0.25, -0.2) is 0 Å². The number of benzene rings is 1. The number of Topliss-reactive ketones (excluding diaryl/α,β-unsaturated/α-hetero) is 1. The van der Waals surface area contributed by atoms with E-state index in [1.165, 1.54) is 12.8 Å². The molecule has 0 N–H and O–H groups in total. The van der Waals surface area contributed by atoms with Gasteiger partial charge in [0.15, 0.2) is 5.78 Å². The van der Waals surface area contributed by atoms with Gasteiger partial charge in [0.25, 0.3) is 0 Å². The number of carbonyl (C=O) groups is 1. The first-order valence-electron chi connectivity index (χ1n) is 7.12. The lowest BCUT2D eigenvalue weighted by Gasteiger charge is -2.25. The lowest BCUT2D eigenvalue weighted by atomic mass is 9.91. The lowest BCUT2D eigenvalue weighted by molar-refractivity contribution is 0.0989. The van der Waals surface area contributed by atoms with E-state index >= 15 is 0 Å². The number of hydrogen-bond acceptors (Lipinski definition) is 2. The molecule has 3 atom stereocenters. The van der Waals surface area contributed by atoms with Crippen LogP contribution in [-0.4, -0.2) is 21.0 Å². The summed E-state index contributed by atoms with van der Waals surface area (Å²) in [7, 11) is -0.842. The molecule has 0 saturated heterocycles. The van der Waals surface area contributed by atoms with Crippen LogP contribution in [0.25, 0.3) is 0 Å². The summed E-state index contributed by atoms with van der Waals surface area (Å²) < 4.78 is 12.2. The fraction of sp³-hybridized carbons (Fsp3) is 0.562. The van der Waals surface area contributed by atoms with Crippen molar-refractivity contribution >= 4 is 16.6 Å². The summed E-state index contributed by atoms with van der Waals surface area (Å²) in [5, 5.41) is 0.312. The molecule has 0 aromatic heterocycles. The highest BCUT2D eigenvalue weighted by molar-refractivity contribution is 7.85. The first-order valence-corrected chi connectivity index (χ1v) is 8.50. The SMILES string of the molecule is CC1CCCC(S(=O)CCC(=O)c2ccccc2)C1. The van der Waals surface area contributed by atoms with Crippen molar-refractivity contribution in [3.05, 3.63) is 35.9 Å². The van der Waals surface area contributed by atoms with Crippen molar-refractivity contribution in [1.29, 1.82) is 0 Å². The molecule has 1 aromatic carbocycles. The molecule has 104 valence electrons. The Bertz CT molecular complexity index is 441. The van der Waals surface area contributed by atoms with Gasteiger partial charge in [-0.05, 0) is 18.8 Å². The molecule has 1 fully saturated rings. The summed E-state index contributed by atoms with van der Waals surface area (Å²) >= 11 is 0. The Hall–Kier alpha value is -0.960. The molecule has 3 heteroatoms. The lowest BCUT2D eigenvalue weighted by Crippen LogP contribution is -2.25. The molecule has 0 spiro atoms. The summed E-state index contributed by atoms with van der Waals surface area (Å²) in [6, 6.07) is 9.29. The maximum atomic E-state index is 12.2. The van der Waals surface area contributed by atoms with Gasteiger partial charge in [0, 0.05) is 33.8 Å². The van der Waals surface area contributed by atoms with Crippen molar-refractivity contribution in [3.63, 3.8) is 0 Å². The van der Waals surface area contributed by atoms with Gasteiger partial charge in [-0.3, -0.25) is 9.00 Å². The molecule has 2 nitrogen and oxygen atoms in total. The Morgan fingerprint density at radius 3 is 2.68 bits per heavy atom. The first-order chi connectivity index (χ1) is 9.16. The predicted molar refractivity (Wildman–Crippen MR) is 79.8 cm³/mol. The molecule has 0 heterocycles. The smallest absolute Gasteiger partial charge is 0.163 e. The molecule has 0 bridgehead atoms. The van der Waals surface area contributed by atoms with Crippen LogP contribution in [0.5, 0.6) is 0 Å². The summed E-state index contributed by atoms with van der Waals surface area (Å²) in [5.74, 6) is 1.32. The summed E-state index contributed by atoms with van der Waals surface area (Å²) in [6.45, 7) is 2.23. The normalized spacial score (nSPS) is 24.9. The molecule has 2 rings (SSSR count). The van der Waals surface area contributed by atoms with Crippen molar-refractivity contribution < 1.29 is 9.00 Å². The molecule has 19 heavy (non-hydrogen) atoms. The monoisotopic (exact) mass is 278 g/mol. The Morgan fingerprint density at radius 1 is 1.26 bits per heavy atom. The molecule has 1 aliphatic carbocycles. The standard InChI is InChI=1S/C16H22O2S/c1-13-6-5-9-15(12-13)19(18)11-10-16(17)14-7-3-2-4-8-14/h2-4,7-8,13,15H,5-6,9-12H2,1H3. The largest absolute Gasteiger partial charge is 0.294 e. The van der Waals surface area contributed by atoms with Gasteiger partial charge in [-0.15, -0.1) is 0 Å². The second kappa shape index (κ2) is 6.99. The Labute approximate surface area is 118 Å². The predicted octanol–water partition coefficient (Wildman–Crippen LogP) is 3.59. The van der Waals surface area contributed by atoms with Crippen LogP contribution in [0.1, 0.15) is 49.4 Å². The quantitative estimate of drug-likeness (QED) is 0.771. The maximum Gasteiger partial charge on any atom is 0.163 e. The second-order valence-electron chi connectivity index (χ2n) is 5.52. The summed E-state index contributed by atoms with van der Waals surface area (Å²) in [6.07, 6.45) is 4.98. The van der Waals surface area contributed by atoms with Crippen molar-refractivity contribution in [2.75, 3.05) is 5.75 Å². The Balaban J connectivity index is 1.82. The highest BCUT2D eigenvalue weighted by Gasteiger charge is 2.24. The van der Waals surface area contributed by atoms with E-state index in [0.29, 0.717) is 23.3 Å². The van der Waals surface area contributed by atoms with Gasteiger partial charge in [-0.2, -0.15) is 0 Å². The van der Waals surface area contributed by atoms with Crippen LogP contribution in [0.2, 0.25) is 0 Å². The minimum atomic E-state index is -0.842. The third-order valence-electron chi connectivity index (χ3n) is 3.89. The zero-order valence-corrected chi connectivity index (χ0v) is 12.3. The van der Waals surface area contributed by atoms with E-state index in [1.54, 1.807) is 0 Å². The van der Waals surface area contributed by atoms with Gasteiger partial charge in [0.2, 0.25) is 0 Å². The van der Waals surface area contributed by atoms with E-state index in [1.807, 2.05) is 30.3 Å². The van der Waals surface area contributed by atoms with E-state index < -0.39 is 10.8 Å². The van der Waals surface area contributed by atoms with Crippen LogP contribution in [0.15, 0.2) is 30.3 Å². The highest BCUT2D eigenvalue weighted by atomic mass is 32.2. The van der Waals surface area contributed by atoms with Crippen LogP contribution < -0.4 is 0 Å². The van der Waals surface area contributed by atoms with Crippen molar-refractivity contribution in [1.82, 2.24) is 0 Å². The number of carbonyl (C=O) groups excluding carboxylic acids is 1. The van der Waals surface area contributed by atoms with Crippen molar-refractivity contribution in [2.24, 2.45) is 5.92 Å². The first kappa shape index (κ1) is 14.4. The molecule has 3 unspecified atom stereocenters.